The van der Waals surface area contributed by atoms with E-state index in [-0.39, 0.29) is 0 Å². The average molecular weight is 406 g/mol. The second-order valence-corrected chi connectivity index (χ2v) is 8.72. The summed E-state index contributed by atoms with van der Waals surface area (Å²) < 4.78 is 2.45. The molecule has 0 unspecified atom stereocenters. The van der Waals surface area contributed by atoms with Crippen LogP contribution in [0.15, 0.2) is 103 Å². The summed E-state index contributed by atoms with van der Waals surface area (Å²) in [7, 11) is 0. The summed E-state index contributed by atoms with van der Waals surface area (Å²) in [5, 5.41) is 7.84. The van der Waals surface area contributed by atoms with E-state index < -0.39 is 0 Å². The Morgan fingerprint density at radius 2 is 1.09 bits per heavy atom. The normalized spacial score (nSPS) is 12.4. The van der Waals surface area contributed by atoms with Gasteiger partial charge in [0, 0.05) is 43.4 Å². The van der Waals surface area contributed by atoms with Gasteiger partial charge in [-0.15, -0.1) is 0 Å². The number of hydrogen-bond acceptors (Lipinski definition) is 0. The minimum absolute atomic E-state index is 1.18. The number of hydrogen-bond donors (Lipinski definition) is 1. The van der Waals surface area contributed by atoms with E-state index in [1.807, 2.05) is 0 Å². The molecule has 3 heterocycles. The molecule has 3 aromatic heterocycles. The molecule has 0 radical (unpaired) electrons. The molecule has 1 N–H and O–H groups in total. The molecule has 0 bridgehead atoms. The molecular formula is C30H18N2. The molecule has 0 aliphatic heterocycles. The molecule has 0 aliphatic rings. The lowest BCUT2D eigenvalue weighted by molar-refractivity contribution is 1.37. The summed E-state index contributed by atoms with van der Waals surface area (Å²) in [6.45, 7) is 0. The standard InChI is InChI=1S/C30H18N2/c1-3-10-26-20(6-1)25-16-18(13-15-27(25)31-26)19-12-14-22-24-9-5-8-23-21-7-2-4-11-28(21)32(30(23)24)29(22)17-19/h1-17,31H. The van der Waals surface area contributed by atoms with Crippen LogP contribution in [0.1, 0.15) is 0 Å². The molecule has 2 heteroatoms. The molecule has 148 valence electrons. The van der Waals surface area contributed by atoms with E-state index in [0.29, 0.717) is 0 Å². The summed E-state index contributed by atoms with van der Waals surface area (Å²) in [6.07, 6.45) is 0. The van der Waals surface area contributed by atoms with Crippen molar-refractivity contribution >= 4 is 59.9 Å². The smallest absolute Gasteiger partial charge is 0.0620 e. The van der Waals surface area contributed by atoms with Crippen LogP contribution in [-0.4, -0.2) is 9.38 Å². The largest absolute Gasteiger partial charge is 0.355 e. The van der Waals surface area contributed by atoms with Gasteiger partial charge in [-0.3, -0.25) is 0 Å². The van der Waals surface area contributed by atoms with Crippen LogP contribution in [0.2, 0.25) is 0 Å². The number of benzene rings is 5. The molecule has 0 saturated carbocycles. The molecule has 0 atom stereocenters. The molecule has 5 aromatic carbocycles. The van der Waals surface area contributed by atoms with E-state index in [2.05, 4.69) is 113 Å². The molecule has 2 nitrogen and oxygen atoms in total. The quantitative estimate of drug-likeness (QED) is 0.284. The maximum Gasteiger partial charge on any atom is 0.0620 e. The first-order chi connectivity index (χ1) is 15.9. The van der Waals surface area contributed by atoms with Gasteiger partial charge in [0.15, 0.2) is 0 Å². The Morgan fingerprint density at radius 3 is 2.00 bits per heavy atom. The lowest BCUT2D eigenvalue weighted by Crippen LogP contribution is -1.83. The Balaban J connectivity index is 1.47. The average Bonchev–Trinajstić information content (AvgIpc) is 3.50. The highest BCUT2D eigenvalue weighted by Crippen LogP contribution is 2.40. The molecule has 8 aromatic rings. The minimum atomic E-state index is 1.18. The van der Waals surface area contributed by atoms with E-state index in [0.717, 1.165) is 0 Å². The highest BCUT2D eigenvalue weighted by atomic mass is 14.9. The van der Waals surface area contributed by atoms with Gasteiger partial charge < -0.3 is 9.38 Å². The van der Waals surface area contributed by atoms with Crippen molar-refractivity contribution in [1.82, 2.24) is 9.38 Å². The second kappa shape index (κ2) is 5.68. The Hall–Kier alpha value is -4.30. The molecule has 0 fully saturated rings. The van der Waals surface area contributed by atoms with Crippen LogP contribution in [-0.2, 0) is 0 Å². The van der Waals surface area contributed by atoms with Crippen molar-refractivity contribution in [2.75, 3.05) is 0 Å². The molecule has 8 rings (SSSR count). The Bertz CT molecular complexity index is 1980. The van der Waals surface area contributed by atoms with Crippen LogP contribution in [0, 0.1) is 0 Å². The van der Waals surface area contributed by atoms with Crippen LogP contribution in [0.4, 0.5) is 0 Å². The van der Waals surface area contributed by atoms with Gasteiger partial charge in [0.25, 0.3) is 0 Å². The van der Waals surface area contributed by atoms with Gasteiger partial charge in [0.1, 0.15) is 0 Å². The molecular weight excluding hydrogens is 388 g/mol. The van der Waals surface area contributed by atoms with Gasteiger partial charge in [0.05, 0.1) is 16.6 Å². The summed E-state index contributed by atoms with van der Waals surface area (Å²) >= 11 is 0. The number of nitrogens with zero attached hydrogens (tertiary/aromatic N) is 1. The molecule has 0 saturated heterocycles. The fraction of sp³-hybridized carbons (Fsp3) is 0. The summed E-state index contributed by atoms with van der Waals surface area (Å²) in [4.78, 5) is 3.54. The third-order valence-corrected chi connectivity index (χ3v) is 7.06. The van der Waals surface area contributed by atoms with Crippen molar-refractivity contribution in [2.24, 2.45) is 0 Å². The minimum Gasteiger partial charge on any atom is -0.355 e. The van der Waals surface area contributed by atoms with Gasteiger partial charge in [-0.25, -0.2) is 0 Å². The zero-order valence-corrected chi connectivity index (χ0v) is 17.3. The zero-order valence-electron chi connectivity index (χ0n) is 17.3. The monoisotopic (exact) mass is 406 g/mol. The Labute approximate surface area is 183 Å². The van der Waals surface area contributed by atoms with Gasteiger partial charge in [-0.2, -0.15) is 0 Å². The van der Waals surface area contributed by atoms with Crippen LogP contribution >= 0.6 is 0 Å². The van der Waals surface area contributed by atoms with Crippen LogP contribution in [0.25, 0.3) is 71.0 Å². The number of para-hydroxylation sites is 3. The van der Waals surface area contributed by atoms with E-state index >= 15 is 0 Å². The highest BCUT2D eigenvalue weighted by molar-refractivity contribution is 6.23. The van der Waals surface area contributed by atoms with Crippen molar-refractivity contribution in [2.45, 2.75) is 0 Å². The maximum atomic E-state index is 3.54. The number of fused-ring (bicyclic) bond motifs is 9. The number of aromatic nitrogens is 2. The zero-order chi connectivity index (χ0) is 20.8. The van der Waals surface area contributed by atoms with Crippen molar-refractivity contribution in [3.63, 3.8) is 0 Å². The topological polar surface area (TPSA) is 20.2 Å². The van der Waals surface area contributed by atoms with Gasteiger partial charge in [-0.05, 0) is 41.5 Å². The van der Waals surface area contributed by atoms with E-state index in [1.165, 1.54) is 71.0 Å². The van der Waals surface area contributed by atoms with Crippen LogP contribution < -0.4 is 0 Å². The molecule has 0 spiro atoms. The summed E-state index contributed by atoms with van der Waals surface area (Å²) in [6, 6.07) is 37.6. The van der Waals surface area contributed by atoms with E-state index in [9.17, 15) is 0 Å². The van der Waals surface area contributed by atoms with Crippen LogP contribution in [0.5, 0.6) is 0 Å². The first kappa shape index (κ1) is 16.4. The first-order valence-electron chi connectivity index (χ1n) is 11.0. The fourth-order valence-corrected chi connectivity index (χ4v) is 5.64. The van der Waals surface area contributed by atoms with E-state index in [4.69, 9.17) is 0 Å². The summed E-state index contributed by atoms with van der Waals surface area (Å²) in [5.74, 6) is 0. The Morgan fingerprint density at radius 1 is 0.438 bits per heavy atom. The summed E-state index contributed by atoms with van der Waals surface area (Å²) in [5.41, 5.74) is 8.73. The predicted octanol–water partition coefficient (Wildman–Crippen LogP) is 8.14. The third kappa shape index (κ3) is 1.95. The number of rotatable bonds is 1. The van der Waals surface area contributed by atoms with Gasteiger partial charge in [0.2, 0.25) is 0 Å². The number of aromatic amines is 1. The predicted molar refractivity (Wildman–Crippen MR) is 136 cm³/mol. The van der Waals surface area contributed by atoms with Crippen molar-refractivity contribution < 1.29 is 0 Å². The first-order valence-corrected chi connectivity index (χ1v) is 11.0. The highest BCUT2D eigenvalue weighted by Gasteiger charge is 2.17. The van der Waals surface area contributed by atoms with Crippen molar-refractivity contribution in [1.29, 1.82) is 0 Å². The van der Waals surface area contributed by atoms with Crippen molar-refractivity contribution in [3.05, 3.63) is 103 Å². The van der Waals surface area contributed by atoms with Crippen LogP contribution in [0.3, 0.4) is 0 Å². The fourth-order valence-electron chi connectivity index (χ4n) is 5.64. The SMILES string of the molecule is c1ccc2c(c1)[nH]c1ccc(-c3ccc4c5cccc6c7ccccc7n(c4c3)c65)cc12. The molecule has 0 amide bonds. The number of nitrogens with one attached hydrogen (secondary N) is 1. The van der Waals surface area contributed by atoms with Gasteiger partial charge >= 0.3 is 0 Å². The lowest BCUT2D eigenvalue weighted by Gasteiger charge is -2.05. The molecule has 32 heavy (non-hydrogen) atoms. The van der Waals surface area contributed by atoms with Gasteiger partial charge in [-0.1, -0.05) is 72.8 Å². The van der Waals surface area contributed by atoms with E-state index in [1.54, 1.807) is 0 Å². The second-order valence-electron chi connectivity index (χ2n) is 8.72. The number of H-pyrrole nitrogens is 1. The third-order valence-electron chi connectivity index (χ3n) is 7.06. The van der Waals surface area contributed by atoms with Crippen molar-refractivity contribution in [3.8, 4) is 11.1 Å². The Kier molecular flexibility index (Phi) is 2.91. The molecule has 0 aliphatic carbocycles. The maximum absolute atomic E-state index is 3.54. The lowest BCUT2D eigenvalue weighted by atomic mass is 10.0.